The van der Waals surface area contributed by atoms with E-state index in [2.05, 4.69) is 15.6 Å². The predicted octanol–water partition coefficient (Wildman–Crippen LogP) is 4.31. The molecule has 154 valence electrons. The lowest BCUT2D eigenvalue weighted by molar-refractivity contribution is -0.117. The fraction of sp³-hybridized carbons (Fsp3) is 0.261. The molecule has 6 nitrogen and oxygen atoms in total. The second kappa shape index (κ2) is 9.09. The molecule has 2 N–H and O–H groups in total. The van der Waals surface area contributed by atoms with Crippen LogP contribution in [0.2, 0.25) is 0 Å². The number of benzene rings is 2. The summed E-state index contributed by atoms with van der Waals surface area (Å²) >= 11 is 1.58. The fourth-order valence-corrected chi connectivity index (χ4v) is 3.59. The van der Waals surface area contributed by atoms with Crippen molar-refractivity contribution in [3.63, 3.8) is 0 Å². The largest absolute Gasteiger partial charge is 0.487 e. The minimum atomic E-state index is -0.183. The van der Waals surface area contributed by atoms with Gasteiger partial charge in [0.1, 0.15) is 12.4 Å². The average molecular weight is 422 g/mol. The number of anilines is 1. The van der Waals surface area contributed by atoms with Gasteiger partial charge < -0.3 is 15.4 Å². The van der Waals surface area contributed by atoms with Gasteiger partial charge in [-0.3, -0.25) is 9.59 Å². The minimum Gasteiger partial charge on any atom is -0.487 e. The Labute approximate surface area is 179 Å². The summed E-state index contributed by atoms with van der Waals surface area (Å²) in [7, 11) is 0. The second-order valence-corrected chi connectivity index (χ2v) is 8.38. The quantitative estimate of drug-likeness (QED) is 0.568. The van der Waals surface area contributed by atoms with Crippen LogP contribution in [0, 0.1) is 12.8 Å². The first-order valence-corrected chi connectivity index (χ1v) is 10.8. The van der Waals surface area contributed by atoms with Gasteiger partial charge in [0.25, 0.3) is 5.91 Å². The van der Waals surface area contributed by atoms with Gasteiger partial charge in [-0.15, -0.1) is 11.3 Å². The summed E-state index contributed by atoms with van der Waals surface area (Å²) in [4.78, 5) is 28.9. The van der Waals surface area contributed by atoms with E-state index < -0.39 is 0 Å². The number of aromatic nitrogens is 1. The molecule has 0 saturated heterocycles. The van der Waals surface area contributed by atoms with E-state index in [0.717, 1.165) is 34.8 Å². The van der Waals surface area contributed by atoms with E-state index in [9.17, 15) is 9.59 Å². The van der Waals surface area contributed by atoms with Crippen molar-refractivity contribution >= 4 is 28.8 Å². The summed E-state index contributed by atoms with van der Waals surface area (Å²) in [6.07, 6.45) is 1.93. The third kappa shape index (κ3) is 5.45. The Bertz CT molecular complexity index is 1060. The van der Waals surface area contributed by atoms with Crippen LogP contribution >= 0.6 is 11.3 Å². The van der Waals surface area contributed by atoms with Crippen LogP contribution in [0.1, 0.15) is 39.5 Å². The van der Waals surface area contributed by atoms with Crippen LogP contribution in [0.25, 0.3) is 0 Å². The molecule has 1 fully saturated rings. The van der Waals surface area contributed by atoms with Crippen molar-refractivity contribution in [1.82, 2.24) is 10.3 Å². The van der Waals surface area contributed by atoms with Gasteiger partial charge >= 0.3 is 0 Å². The van der Waals surface area contributed by atoms with Gasteiger partial charge in [-0.05, 0) is 55.7 Å². The Hall–Kier alpha value is -3.19. The van der Waals surface area contributed by atoms with E-state index in [0.29, 0.717) is 24.5 Å². The summed E-state index contributed by atoms with van der Waals surface area (Å²) in [5.74, 6) is 0.665. The molecule has 1 saturated carbocycles. The van der Waals surface area contributed by atoms with Crippen LogP contribution < -0.4 is 15.4 Å². The standard InChI is InChI=1S/C23H23N3O3S/c1-15-25-20(14-30-15)13-29-21-7-3-5-18(11-21)22(27)24-12-16-4-2-6-19(10-16)26-23(28)17-8-9-17/h2-7,10-11,14,17H,8-9,12-13H2,1H3,(H,24,27)(H,26,28). The Balaban J connectivity index is 1.32. The van der Waals surface area contributed by atoms with Gasteiger partial charge in [-0.2, -0.15) is 0 Å². The molecule has 1 aromatic heterocycles. The van der Waals surface area contributed by atoms with Gasteiger partial charge in [0.05, 0.1) is 10.7 Å². The molecule has 0 unspecified atom stereocenters. The molecule has 4 rings (SSSR count). The first-order chi connectivity index (χ1) is 14.6. The van der Waals surface area contributed by atoms with Gasteiger partial charge in [0, 0.05) is 29.1 Å². The maximum absolute atomic E-state index is 12.6. The molecule has 1 heterocycles. The summed E-state index contributed by atoms with van der Waals surface area (Å²) < 4.78 is 5.76. The van der Waals surface area contributed by atoms with Crippen molar-refractivity contribution in [3.8, 4) is 5.75 Å². The van der Waals surface area contributed by atoms with Crippen LogP contribution in [0.15, 0.2) is 53.9 Å². The van der Waals surface area contributed by atoms with E-state index in [-0.39, 0.29) is 17.7 Å². The molecule has 0 radical (unpaired) electrons. The highest BCUT2D eigenvalue weighted by atomic mass is 32.1. The molecule has 1 aliphatic rings. The Kier molecular flexibility index (Phi) is 6.09. The number of nitrogens with one attached hydrogen (secondary N) is 2. The smallest absolute Gasteiger partial charge is 0.251 e. The maximum atomic E-state index is 12.6. The molecule has 0 bridgehead atoms. The van der Waals surface area contributed by atoms with E-state index in [1.807, 2.05) is 42.6 Å². The summed E-state index contributed by atoms with van der Waals surface area (Å²) in [6.45, 7) is 2.69. The predicted molar refractivity (Wildman–Crippen MR) is 117 cm³/mol. The number of thiazole rings is 1. The maximum Gasteiger partial charge on any atom is 0.251 e. The van der Waals surface area contributed by atoms with Crippen LogP contribution in [0.4, 0.5) is 5.69 Å². The number of hydrogen-bond donors (Lipinski definition) is 2. The highest BCUT2D eigenvalue weighted by Crippen LogP contribution is 2.30. The minimum absolute atomic E-state index is 0.0702. The number of aryl methyl sites for hydroxylation is 1. The molecule has 7 heteroatoms. The van der Waals surface area contributed by atoms with Crippen molar-refractivity contribution in [3.05, 3.63) is 75.7 Å². The lowest BCUT2D eigenvalue weighted by Gasteiger charge is -2.10. The molecule has 3 aromatic rings. The first kappa shape index (κ1) is 20.1. The van der Waals surface area contributed by atoms with Crippen LogP contribution in [-0.4, -0.2) is 16.8 Å². The molecule has 0 aliphatic heterocycles. The zero-order valence-corrected chi connectivity index (χ0v) is 17.5. The molecular weight excluding hydrogens is 398 g/mol. The average Bonchev–Trinajstić information content (AvgIpc) is 3.53. The summed E-state index contributed by atoms with van der Waals surface area (Å²) in [6, 6.07) is 14.6. The SMILES string of the molecule is Cc1nc(COc2cccc(C(=O)NCc3cccc(NC(=O)C4CC4)c3)c2)cs1. The molecule has 30 heavy (non-hydrogen) atoms. The third-order valence-corrected chi connectivity index (χ3v) is 5.57. The van der Waals surface area contributed by atoms with E-state index in [4.69, 9.17) is 4.74 Å². The first-order valence-electron chi connectivity index (χ1n) is 9.89. The number of carbonyl (C=O) groups is 2. The second-order valence-electron chi connectivity index (χ2n) is 7.32. The van der Waals surface area contributed by atoms with Gasteiger partial charge in [-0.25, -0.2) is 4.98 Å². The van der Waals surface area contributed by atoms with Crippen LogP contribution in [0.3, 0.4) is 0 Å². The van der Waals surface area contributed by atoms with Crippen molar-refractivity contribution in [1.29, 1.82) is 0 Å². The topological polar surface area (TPSA) is 80.3 Å². The molecule has 2 amide bonds. The Morgan fingerprint density at radius 2 is 2.00 bits per heavy atom. The number of rotatable bonds is 8. The van der Waals surface area contributed by atoms with Gasteiger partial charge in [0.2, 0.25) is 5.91 Å². The zero-order valence-electron chi connectivity index (χ0n) is 16.7. The Morgan fingerprint density at radius 3 is 2.77 bits per heavy atom. The summed E-state index contributed by atoms with van der Waals surface area (Å²) in [5.41, 5.74) is 3.08. The van der Waals surface area contributed by atoms with Crippen molar-refractivity contribution in [2.45, 2.75) is 32.9 Å². The zero-order chi connectivity index (χ0) is 20.9. The van der Waals surface area contributed by atoms with Gasteiger partial charge in [-0.1, -0.05) is 18.2 Å². The number of hydrogen-bond acceptors (Lipinski definition) is 5. The normalized spacial score (nSPS) is 13.0. The number of nitrogens with zero attached hydrogens (tertiary/aromatic N) is 1. The lowest BCUT2D eigenvalue weighted by Crippen LogP contribution is -2.23. The lowest BCUT2D eigenvalue weighted by atomic mass is 10.1. The van der Waals surface area contributed by atoms with Crippen molar-refractivity contribution in [2.75, 3.05) is 5.32 Å². The van der Waals surface area contributed by atoms with E-state index in [1.165, 1.54) is 0 Å². The molecular formula is C23H23N3O3S. The van der Waals surface area contributed by atoms with Crippen molar-refractivity contribution in [2.24, 2.45) is 5.92 Å². The molecule has 1 aliphatic carbocycles. The number of ether oxygens (including phenoxy) is 1. The van der Waals surface area contributed by atoms with E-state index >= 15 is 0 Å². The highest BCUT2D eigenvalue weighted by molar-refractivity contribution is 7.09. The van der Waals surface area contributed by atoms with Gasteiger partial charge in [0.15, 0.2) is 0 Å². The molecule has 2 aromatic carbocycles. The van der Waals surface area contributed by atoms with Crippen LogP contribution in [-0.2, 0) is 17.9 Å². The Morgan fingerprint density at radius 1 is 1.17 bits per heavy atom. The molecule has 0 atom stereocenters. The fourth-order valence-electron chi connectivity index (χ4n) is 2.99. The number of amides is 2. The number of carbonyl (C=O) groups excluding carboxylic acids is 2. The molecule has 0 spiro atoms. The van der Waals surface area contributed by atoms with Crippen molar-refractivity contribution < 1.29 is 14.3 Å². The third-order valence-electron chi connectivity index (χ3n) is 4.75. The highest BCUT2D eigenvalue weighted by Gasteiger charge is 2.29. The van der Waals surface area contributed by atoms with Crippen LogP contribution in [0.5, 0.6) is 5.75 Å². The monoisotopic (exact) mass is 421 g/mol. The summed E-state index contributed by atoms with van der Waals surface area (Å²) in [5, 5.41) is 8.81. The van der Waals surface area contributed by atoms with E-state index in [1.54, 1.807) is 29.5 Å².